The van der Waals surface area contributed by atoms with Gasteiger partial charge >= 0.3 is 11.6 Å². The summed E-state index contributed by atoms with van der Waals surface area (Å²) >= 11 is 0. The largest absolute Gasteiger partial charge is 0.425 e. The van der Waals surface area contributed by atoms with Crippen molar-refractivity contribution in [3.05, 3.63) is 76.1 Å². The standard InChI is InChI=1S/C21H18O5/c1-13(22)12-17(15-8-4-3-5-9-15)19-20(25-14(2)23)16-10-6-7-11-18(16)26-21(19)24/h3-11,17H,12H2,1-2H3/t17-/m1/s1. The third-order valence-corrected chi connectivity index (χ3v) is 4.09. The maximum atomic E-state index is 12.8. The van der Waals surface area contributed by atoms with Crippen LogP contribution in [0.15, 0.2) is 63.8 Å². The summed E-state index contributed by atoms with van der Waals surface area (Å²) in [5, 5.41) is 0.516. The van der Waals surface area contributed by atoms with Gasteiger partial charge in [0.25, 0.3) is 0 Å². The number of benzene rings is 2. The van der Waals surface area contributed by atoms with Crippen molar-refractivity contribution in [2.45, 2.75) is 26.2 Å². The summed E-state index contributed by atoms with van der Waals surface area (Å²) in [6.45, 7) is 2.74. The number of carbonyl (C=O) groups is 2. The quantitative estimate of drug-likeness (QED) is 0.516. The minimum absolute atomic E-state index is 0.0832. The number of fused-ring (bicyclic) bond motifs is 1. The first kappa shape index (κ1) is 17.6. The molecule has 1 aromatic heterocycles. The molecule has 0 unspecified atom stereocenters. The summed E-state index contributed by atoms with van der Waals surface area (Å²) in [5.74, 6) is -1.04. The van der Waals surface area contributed by atoms with Crippen molar-refractivity contribution >= 4 is 22.7 Å². The maximum absolute atomic E-state index is 12.8. The van der Waals surface area contributed by atoms with E-state index in [1.165, 1.54) is 13.8 Å². The van der Waals surface area contributed by atoms with Crippen LogP contribution in [0.1, 0.15) is 37.3 Å². The van der Waals surface area contributed by atoms with Crippen LogP contribution in [0.5, 0.6) is 5.75 Å². The number of carbonyl (C=O) groups excluding carboxylic acids is 2. The fourth-order valence-electron chi connectivity index (χ4n) is 3.05. The van der Waals surface area contributed by atoms with Gasteiger partial charge in [-0.1, -0.05) is 42.5 Å². The molecule has 1 heterocycles. The van der Waals surface area contributed by atoms with Gasteiger partial charge < -0.3 is 9.15 Å². The Kier molecular flexibility index (Phi) is 4.98. The third-order valence-electron chi connectivity index (χ3n) is 4.09. The minimum Gasteiger partial charge on any atom is -0.425 e. The van der Waals surface area contributed by atoms with Gasteiger partial charge in [-0.15, -0.1) is 0 Å². The van der Waals surface area contributed by atoms with E-state index in [1.54, 1.807) is 24.3 Å². The van der Waals surface area contributed by atoms with Crippen LogP contribution in [0.3, 0.4) is 0 Å². The smallest absolute Gasteiger partial charge is 0.343 e. The van der Waals surface area contributed by atoms with E-state index in [-0.39, 0.29) is 23.5 Å². The van der Waals surface area contributed by atoms with Crippen molar-refractivity contribution in [1.29, 1.82) is 0 Å². The van der Waals surface area contributed by atoms with Crippen molar-refractivity contribution in [3.8, 4) is 5.75 Å². The molecular formula is C21H18O5. The highest BCUT2D eigenvalue weighted by Gasteiger charge is 2.27. The first-order chi connectivity index (χ1) is 12.5. The molecule has 0 aliphatic rings. The number of rotatable bonds is 5. The number of Topliss-reactive ketones (excluding diaryl/α,β-unsaturated/α-hetero) is 1. The third kappa shape index (κ3) is 3.57. The molecule has 26 heavy (non-hydrogen) atoms. The van der Waals surface area contributed by atoms with Gasteiger partial charge in [-0.3, -0.25) is 9.59 Å². The predicted octanol–water partition coefficient (Wildman–Crippen LogP) is 3.83. The Morgan fingerprint density at radius 3 is 2.31 bits per heavy atom. The second-order valence-electron chi connectivity index (χ2n) is 6.09. The molecule has 5 nitrogen and oxygen atoms in total. The van der Waals surface area contributed by atoms with Crippen LogP contribution in [0.2, 0.25) is 0 Å². The molecule has 0 bridgehead atoms. The number of esters is 1. The summed E-state index contributed by atoms with van der Waals surface area (Å²) in [4.78, 5) is 36.3. The van der Waals surface area contributed by atoms with E-state index in [0.717, 1.165) is 5.56 Å². The molecule has 0 radical (unpaired) electrons. The van der Waals surface area contributed by atoms with E-state index in [4.69, 9.17) is 9.15 Å². The number of ether oxygens (including phenoxy) is 1. The molecule has 0 aliphatic carbocycles. The fraction of sp³-hybridized carbons (Fsp3) is 0.190. The van der Waals surface area contributed by atoms with E-state index >= 15 is 0 Å². The molecule has 1 atom stereocenters. The van der Waals surface area contributed by atoms with E-state index < -0.39 is 17.5 Å². The molecule has 0 amide bonds. The van der Waals surface area contributed by atoms with E-state index in [0.29, 0.717) is 11.0 Å². The van der Waals surface area contributed by atoms with E-state index in [1.807, 2.05) is 30.3 Å². The van der Waals surface area contributed by atoms with Crippen LogP contribution in [-0.2, 0) is 9.59 Å². The van der Waals surface area contributed by atoms with Gasteiger partial charge in [0.05, 0.1) is 10.9 Å². The second kappa shape index (κ2) is 7.35. The van der Waals surface area contributed by atoms with Crippen LogP contribution in [0, 0.1) is 0 Å². The van der Waals surface area contributed by atoms with Crippen LogP contribution >= 0.6 is 0 Å². The van der Waals surface area contributed by atoms with Gasteiger partial charge in [0.1, 0.15) is 11.4 Å². The lowest BCUT2D eigenvalue weighted by atomic mass is 9.87. The lowest BCUT2D eigenvalue weighted by molar-refractivity contribution is -0.131. The predicted molar refractivity (Wildman–Crippen MR) is 97.4 cm³/mol. The Bertz CT molecular complexity index is 1020. The first-order valence-electron chi connectivity index (χ1n) is 8.26. The summed E-state index contributed by atoms with van der Waals surface area (Å²) in [7, 11) is 0. The second-order valence-corrected chi connectivity index (χ2v) is 6.09. The van der Waals surface area contributed by atoms with E-state index in [2.05, 4.69) is 0 Å². The molecule has 0 N–H and O–H groups in total. The monoisotopic (exact) mass is 350 g/mol. The fourth-order valence-corrected chi connectivity index (χ4v) is 3.05. The lowest BCUT2D eigenvalue weighted by Gasteiger charge is -2.19. The molecule has 5 heteroatoms. The van der Waals surface area contributed by atoms with E-state index in [9.17, 15) is 14.4 Å². The molecule has 0 saturated heterocycles. The van der Waals surface area contributed by atoms with Gasteiger partial charge in [-0.25, -0.2) is 4.79 Å². The van der Waals surface area contributed by atoms with Crippen molar-refractivity contribution in [2.75, 3.05) is 0 Å². The molecule has 0 spiro atoms. The molecule has 132 valence electrons. The minimum atomic E-state index is -0.616. The molecule has 0 fully saturated rings. The van der Waals surface area contributed by atoms with Crippen molar-refractivity contribution in [3.63, 3.8) is 0 Å². The van der Waals surface area contributed by atoms with Gasteiger partial charge in [-0.05, 0) is 24.6 Å². The zero-order valence-electron chi connectivity index (χ0n) is 14.5. The highest BCUT2D eigenvalue weighted by atomic mass is 16.5. The Labute approximate surface area is 150 Å². The number of hydrogen-bond acceptors (Lipinski definition) is 5. The van der Waals surface area contributed by atoms with Gasteiger partial charge in [0.2, 0.25) is 0 Å². The first-order valence-corrected chi connectivity index (χ1v) is 8.26. The van der Waals surface area contributed by atoms with Gasteiger partial charge in [0, 0.05) is 19.3 Å². The maximum Gasteiger partial charge on any atom is 0.343 e. The van der Waals surface area contributed by atoms with Gasteiger partial charge in [-0.2, -0.15) is 0 Å². The van der Waals surface area contributed by atoms with Crippen molar-refractivity contribution < 1.29 is 18.7 Å². The van der Waals surface area contributed by atoms with Gasteiger partial charge in [0.15, 0.2) is 5.75 Å². The average molecular weight is 350 g/mol. The van der Waals surface area contributed by atoms with Crippen LogP contribution in [0.4, 0.5) is 0 Å². The zero-order valence-corrected chi connectivity index (χ0v) is 14.5. The molecular weight excluding hydrogens is 332 g/mol. The highest BCUT2D eigenvalue weighted by Crippen LogP contribution is 2.37. The van der Waals surface area contributed by atoms with Crippen LogP contribution in [0.25, 0.3) is 11.0 Å². The number of hydrogen-bond donors (Lipinski definition) is 0. The van der Waals surface area contributed by atoms with Crippen LogP contribution < -0.4 is 10.4 Å². The summed E-state index contributed by atoms with van der Waals surface area (Å²) in [5.41, 5.74) is 0.668. The highest BCUT2D eigenvalue weighted by molar-refractivity contribution is 5.88. The van der Waals surface area contributed by atoms with Crippen LogP contribution in [-0.4, -0.2) is 11.8 Å². The Morgan fingerprint density at radius 2 is 1.65 bits per heavy atom. The molecule has 0 aliphatic heterocycles. The SMILES string of the molecule is CC(=O)C[C@H](c1ccccc1)c1c(OC(C)=O)c2ccccc2oc1=O. The summed E-state index contributed by atoms with van der Waals surface area (Å²) in [6, 6.07) is 16.0. The molecule has 3 aromatic rings. The number of para-hydroxylation sites is 1. The average Bonchev–Trinajstić information content (AvgIpc) is 2.60. The van der Waals surface area contributed by atoms with Crippen molar-refractivity contribution in [1.82, 2.24) is 0 Å². The molecule has 3 rings (SSSR count). The Hall–Kier alpha value is -3.21. The Morgan fingerprint density at radius 1 is 1.00 bits per heavy atom. The zero-order chi connectivity index (χ0) is 18.7. The molecule has 2 aromatic carbocycles. The summed E-state index contributed by atoms with van der Waals surface area (Å²) in [6.07, 6.45) is 0.0986. The van der Waals surface area contributed by atoms with Crippen molar-refractivity contribution in [2.24, 2.45) is 0 Å². The summed E-state index contributed by atoms with van der Waals surface area (Å²) < 4.78 is 10.9. The Balaban J connectivity index is 2.32. The normalized spacial score (nSPS) is 11.9. The molecule has 0 saturated carbocycles. The topological polar surface area (TPSA) is 73.6 Å². The lowest BCUT2D eigenvalue weighted by Crippen LogP contribution is -2.19. The number of ketones is 1.